The summed E-state index contributed by atoms with van der Waals surface area (Å²) in [5, 5.41) is 9.82. The highest BCUT2D eigenvalue weighted by molar-refractivity contribution is 5.94. The topological polar surface area (TPSA) is 76.4 Å². The first-order valence-electron chi connectivity index (χ1n) is 7.14. The molecule has 6 nitrogen and oxygen atoms in total. The molecule has 0 aliphatic rings. The van der Waals surface area contributed by atoms with Gasteiger partial charge in [0.15, 0.2) is 5.82 Å². The van der Waals surface area contributed by atoms with E-state index in [4.69, 9.17) is 9.26 Å². The zero-order chi connectivity index (χ0) is 15.9. The molecule has 1 amide bonds. The third-order valence-corrected chi connectivity index (χ3v) is 3.14. The Morgan fingerprint density at radius 1 is 1.36 bits per heavy atom. The van der Waals surface area contributed by atoms with Crippen molar-refractivity contribution in [3.8, 4) is 0 Å². The number of nitrogens with zero attached hydrogens (tertiary/aromatic N) is 1. The van der Waals surface area contributed by atoms with Crippen molar-refractivity contribution in [2.24, 2.45) is 0 Å². The highest BCUT2D eigenvalue weighted by Crippen LogP contribution is 2.17. The third-order valence-electron chi connectivity index (χ3n) is 3.14. The van der Waals surface area contributed by atoms with Crippen LogP contribution in [0.15, 0.2) is 40.9 Å². The van der Waals surface area contributed by atoms with E-state index in [0.29, 0.717) is 18.2 Å². The van der Waals surface area contributed by atoms with Gasteiger partial charge in [0.05, 0.1) is 6.61 Å². The molecule has 2 N–H and O–H groups in total. The predicted molar refractivity (Wildman–Crippen MR) is 83.5 cm³/mol. The minimum Gasteiger partial charge on any atom is -0.383 e. The van der Waals surface area contributed by atoms with Gasteiger partial charge in [0, 0.05) is 19.2 Å². The summed E-state index contributed by atoms with van der Waals surface area (Å²) in [4.78, 5) is 12.6. The first-order valence-corrected chi connectivity index (χ1v) is 7.14. The van der Waals surface area contributed by atoms with Crippen molar-refractivity contribution < 1.29 is 14.1 Å². The van der Waals surface area contributed by atoms with Crippen molar-refractivity contribution in [3.05, 3.63) is 47.7 Å². The summed E-state index contributed by atoms with van der Waals surface area (Å²) >= 11 is 0. The largest absolute Gasteiger partial charge is 0.383 e. The number of nitrogens with one attached hydrogen (secondary N) is 2. The average molecular weight is 303 g/mol. The fourth-order valence-electron chi connectivity index (χ4n) is 2.18. The Kier molecular flexibility index (Phi) is 5.68. The molecule has 0 unspecified atom stereocenters. The zero-order valence-electron chi connectivity index (χ0n) is 13.0. The molecular formula is C16H21N3O3. The standard InChI is InChI=1S/C16H21N3O3/c1-11(10-21-3)17-15(13-7-5-4-6-8-13)16(20)18-14-9-12(2)22-19-14/h4-9,11,15,17H,10H2,1-3H3,(H,18,19,20)/t11-,15+/m0/s1. The molecule has 0 aliphatic heterocycles. The maximum absolute atomic E-state index is 12.6. The van der Waals surface area contributed by atoms with E-state index in [1.54, 1.807) is 20.1 Å². The molecule has 1 heterocycles. The zero-order valence-corrected chi connectivity index (χ0v) is 13.0. The minimum atomic E-state index is -0.497. The number of ether oxygens (including phenoxy) is 1. The van der Waals surface area contributed by atoms with Crippen LogP contribution in [-0.4, -0.2) is 30.8 Å². The Morgan fingerprint density at radius 2 is 2.09 bits per heavy atom. The van der Waals surface area contributed by atoms with E-state index in [1.165, 1.54) is 0 Å². The van der Waals surface area contributed by atoms with Crippen molar-refractivity contribution in [3.63, 3.8) is 0 Å². The van der Waals surface area contributed by atoms with Crippen molar-refractivity contribution >= 4 is 11.7 Å². The van der Waals surface area contributed by atoms with Crippen molar-refractivity contribution in [1.29, 1.82) is 0 Å². The van der Waals surface area contributed by atoms with Crippen LogP contribution in [0.25, 0.3) is 0 Å². The lowest BCUT2D eigenvalue weighted by molar-refractivity contribution is -0.118. The predicted octanol–water partition coefficient (Wildman–Crippen LogP) is 2.29. The highest BCUT2D eigenvalue weighted by atomic mass is 16.5. The molecule has 2 rings (SSSR count). The molecule has 1 aromatic carbocycles. The number of hydrogen-bond donors (Lipinski definition) is 2. The molecular weight excluding hydrogens is 282 g/mol. The summed E-state index contributed by atoms with van der Waals surface area (Å²) in [6.07, 6.45) is 0. The summed E-state index contributed by atoms with van der Waals surface area (Å²) in [6, 6.07) is 10.7. The molecule has 6 heteroatoms. The molecule has 0 aliphatic carbocycles. The van der Waals surface area contributed by atoms with E-state index in [-0.39, 0.29) is 11.9 Å². The fraction of sp³-hybridized carbons (Fsp3) is 0.375. The normalized spacial score (nSPS) is 13.6. The monoisotopic (exact) mass is 303 g/mol. The highest BCUT2D eigenvalue weighted by Gasteiger charge is 2.23. The third kappa shape index (κ3) is 4.41. The smallest absolute Gasteiger partial charge is 0.247 e. The number of methoxy groups -OCH3 is 1. The van der Waals surface area contributed by atoms with Crippen molar-refractivity contribution in [1.82, 2.24) is 10.5 Å². The first-order chi connectivity index (χ1) is 10.6. The number of benzene rings is 1. The van der Waals surface area contributed by atoms with Gasteiger partial charge in [-0.05, 0) is 19.4 Å². The van der Waals surface area contributed by atoms with E-state index in [2.05, 4.69) is 15.8 Å². The molecule has 118 valence electrons. The van der Waals surface area contributed by atoms with E-state index in [1.807, 2.05) is 37.3 Å². The molecule has 0 saturated heterocycles. The number of hydrogen-bond acceptors (Lipinski definition) is 5. The quantitative estimate of drug-likeness (QED) is 0.820. The lowest BCUT2D eigenvalue weighted by Gasteiger charge is -2.22. The van der Waals surface area contributed by atoms with Crippen molar-refractivity contribution in [2.75, 3.05) is 19.0 Å². The van der Waals surface area contributed by atoms with Crippen LogP contribution in [0.1, 0.15) is 24.3 Å². The Bertz CT molecular complexity index is 598. The van der Waals surface area contributed by atoms with Gasteiger partial charge in [0.1, 0.15) is 11.8 Å². The van der Waals surface area contributed by atoms with Crippen LogP contribution in [-0.2, 0) is 9.53 Å². The van der Waals surface area contributed by atoms with E-state index in [0.717, 1.165) is 5.56 Å². The number of aromatic nitrogens is 1. The van der Waals surface area contributed by atoms with Gasteiger partial charge in [-0.2, -0.15) is 0 Å². The van der Waals surface area contributed by atoms with Gasteiger partial charge in [-0.25, -0.2) is 0 Å². The molecule has 1 aromatic heterocycles. The molecule has 2 atom stereocenters. The lowest BCUT2D eigenvalue weighted by Crippen LogP contribution is -2.40. The number of rotatable bonds is 7. The van der Waals surface area contributed by atoms with E-state index >= 15 is 0 Å². The minimum absolute atomic E-state index is 0.0278. The van der Waals surface area contributed by atoms with Gasteiger partial charge in [-0.1, -0.05) is 35.5 Å². The maximum atomic E-state index is 12.6. The molecule has 0 saturated carbocycles. The summed E-state index contributed by atoms with van der Waals surface area (Å²) in [5.74, 6) is 0.861. The van der Waals surface area contributed by atoms with Gasteiger partial charge in [0.25, 0.3) is 0 Å². The Labute approximate surface area is 129 Å². The van der Waals surface area contributed by atoms with Gasteiger partial charge in [-0.15, -0.1) is 0 Å². The lowest BCUT2D eigenvalue weighted by atomic mass is 10.1. The molecule has 0 bridgehead atoms. The molecule has 2 aromatic rings. The second-order valence-electron chi connectivity index (χ2n) is 5.18. The van der Waals surface area contributed by atoms with Crippen molar-refractivity contribution in [2.45, 2.75) is 25.9 Å². The van der Waals surface area contributed by atoms with E-state index < -0.39 is 6.04 Å². The molecule has 0 radical (unpaired) electrons. The van der Waals surface area contributed by atoms with E-state index in [9.17, 15) is 4.79 Å². The summed E-state index contributed by atoms with van der Waals surface area (Å²) in [5.41, 5.74) is 0.878. The second-order valence-corrected chi connectivity index (χ2v) is 5.18. The van der Waals surface area contributed by atoms with Crippen LogP contribution in [0.5, 0.6) is 0 Å². The van der Waals surface area contributed by atoms with Gasteiger partial charge in [-0.3, -0.25) is 10.1 Å². The van der Waals surface area contributed by atoms with Crippen LogP contribution in [0.4, 0.5) is 5.82 Å². The van der Waals surface area contributed by atoms with Gasteiger partial charge >= 0.3 is 0 Å². The molecule has 0 spiro atoms. The molecule has 0 fully saturated rings. The summed E-state index contributed by atoms with van der Waals surface area (Å²) in [7, 11) is 1.63. The van der Waals surface area contributed by atoms with Crippen LogP contribution < -0.4 is 10.6 Å². The SMILES string of the molecule is COC[C@H](C)N[C@@H](C(=O)Nc1cc(C)on1)c1ccccc1. The number of carbonyl (C=O) groups excluding carboxylic acids is 1. The number of aryl methyl sites for hydroxylation is 1. The van der Waals surface area contributed by atoms with Gasteiger partial charge in [0.2, 0.25) is 5.91 Å². The Balaban J connectivity index is 2.14. The van der Waals surface area contributed by atoms with Gasteiger partial charge < -0.3 is 14.6 Å². The maximum Gasteiger partial charge on any atom is 0.247 e. The number of anilines is 1. The summed E-state index contributed by atoms with van der Waals surface area (Å²) in [6.45, 7) is 4.25. The average Bonchev–Trinajstić information content (AvgIpc) is 2.91. The van der Waals surface area contributed by atoms with Crippen LogP contribution in [0, 0.1) is 6.92 Å². The van der Waals surface area contributed by atoms with Crippen LogP contribution in [0.2, 0.25) is 0 Å². The summed E-state index contributed by atoms with van der Waals surface area (Å²) < 4.78 is 10.1. The Morgan fingerprint density at radius 3 is 2.68 bits per heavy atom. The number of amides is 1. The second kappa shape index (κ2) is 7.72. The number of carbonyl (C=O) groups is 1. The molecule has 22 heavy (non-hydrogen) atoms. The Hall–Kier alpha value is -2.18. The first kappa shape index (κ1) is 16.2. The fourth-order valence-corrected chi connectivity index (χ4v) is 2.18. The van der Waals surface area contributed by atoms with Crippen LogP contribution >= 0.6 is 0 Å². The van der Waals surface area contributed by atoms with Crippen LogP contribution in [0.3, 0.4) is 0 Å².